The number of carbonyl (C=O) groups excluding carboxylic acids is 2. The van der Waals surface area contributed by atoms with Crippen LogP contribution >= 0.6 is 0 Å². The summed E-state index contributed by atoms with van der Waals surface area (Å²) in [6, 6.07) is 10.8. The number of piperazine rings is 1. The van der Waals surface area contributed by atoms with Crippen molar-refractivity contribution in [2.45, 2.75) is 46.1 Å². The number of halogens is 2. The molecule has 5 nitrogen and oxygen atoms in total. The van der Waals surface area contributed by atoms with Gasteiger partial charge in [-0.05, 0) is 31.1 Å². The quantitative estimate of drug-likeness (QED) is 0.308. The van der Waals surface area contributed by atoms with Crippen LogP contribution in [0.5, 0.6) is 0 Å². The fraction of sp³-hybridized carbons (Fsp3) is 0.667. The first-order chi connectivity index (χ1) is 14.0. The highest BCUT2D eigenvalue weighted by atomic mass is 35.5. The van der Waals surface area contributed by atoms with Gasteiger partial charge in [0.25, 0.3) is 0 Å². The number of benzene rings is 1. The second-order valence-corrected chi connectivity index (χ2v) is 9.95. The van der Waals surface area contributed by atoms with Crippen LogP contribution in [0.3, 0.4) is 0 Å². The molecule has 3 fully saturated rings. The first-order valence-electron chi connectivity index (χ1n) is 11.5. The number of unbranched alkanes of at least 4 members (excludes halogenated alkanes) is 1. The summed E-state index contributed by atoms with van der Waals surface area (Å²) in [6.07, 6.45) is 3.82. The van der Waals surface area contributed by atoms with E-state index in [1.165, 1.54) is 31.7 Å². The van der Waals surface area contributed by atoms with Gasteiger partial charge in [0.15, 0.2) is 0 Å². The molecule has 1 aromatic carbocycles. The molecule has 2 bridgehead atoms. The number of nitrogens with one attached hydrogen (secondary N) is 2. The summed E-state index contributed by atoms with van der Waals surface area (Å²) >= 11 is 0. The molecular weight excluding hydrogens is 433 g/mol. The van der Waals surface area contributed by atoms with Crippen LogP contribution in [0.2, 0.25) is 0 Å². The van der Waals surface area contributed by atoms with Gasteiger partial charge in [0, 0.05) is 23.9 Å². The monoisotopic (exact) mass is 469 g/mol. The molecule has 0 radical (unpaired) electrons. The van der Waals surface area contributed by atoms with Crippen molar-refractivity contribution in [1.29, 1.82) is 0 Å². The Balaban J connectivity index is 0.00000171. The second kappa shape index (κ2) is 11.1. The van der Waals surface area contributed by atoms with Gasteiger partial charge in [-0.15, -0.1) is 0 Å². The lowest BCUT2D eigenvalue weighted by Gasteiger charge is -2.41. The van der Waals surface area contributed by atoms with E-state index in [4.69, 9.17) is 0 Å². The molecule has 2 heterocycles. The SMILES string of the molecule is CC1(C)C2CCC1C(=O)N(CCCC[NH+]1CC[NH+](Cc3ccccc3)CC1)C2=O.[Cl-].[Cl-]. The van der Waals surface area contributed by atoms with Crippen molar-refractivity contribution < 1.29 is 44.2 Å². The van der Waals surface area contributed by atoms with Crippen molar-refractivity contribution in [2.24, 2.45) is 17.3 Å². The Morgan fingerprint density at radius 1 is 0.871 bits per heavy atom. The van der Waals surface area contributed by atoms with Crippen molar-refractivity contribution in [3.05, 3.63) is 35.9 Å². The first kappa shape index (κ1) is 26.1. The number of imide groups is 1. The third-order valence-electron chi connectivity index (χ3n) is 7.79. The molecule has 2 N–H and O–H groups in total. The van der Waals surface area contributed by atoms with E-state index < -0.39 is 0 Å². The molecule has 31 heavy (non-hydrogen) atoms. The molecule has 2 amide bonds. The van der Waals surface area contributed by atoms with Gasteiger partial charge in [0.2, 0.25) is 11.8 Å². The minimum Gasteiger partial charge on any atom is -1.00 e. The highest BCUT2D eigenvalue weighted by Crippen LogP contribution is 2.52. The van der Waals surface area contributed by atoms with E-state index in [0.717, 1.165) is 38.8 Å². The summed E-state index contributed by atoms with van der Waals surface area (Å²) < 4.78 is 0. The van der Waals surface area contributed by atoms with E-state index in [0.29, 0.717) is 6.54 Å². The highest BCUT2D eigenvalue weighted by Gasteiger charge is 2.56. The van der Waals surface area contributed by atoms with E-state index in [1.54, 1.807) is 14.7 Å². The molecule has 2 atom stereocenters. The van der Waals surface area contributed by atoms with Crippen LogP contribution in [0.4, 0.5) is 0 Å². The maximum Gasteiger partial charge on any atom is 0.232 e. The van der Waals surface area contributed by atoms with E-state index in [9.17, 15) is 9.59 Å². The number of nitrogens with zero attached hydrogens (tertiary/aromatic N) is 1. The Labute approximate surface area is 199 Å². The molecule has 4 rings (SSSR count). The third kappa shape index (κ3) is 5.62. The van der Waals surface area contributed by atoms with Crippen LogP contribution in [-0.2, 0) is 16.1 Å². The van der Waals surface area contributed by atoms with Crippen molar-refractivity contribution in [2.75, 3.05) is 39.3 Å². The summed E-state index contributed by atoms with van der Waals surface area (Å²) in [5, 5.41) is 0. The molecule has 1 aromatic rings. The van der Waals surface area contributed by atoms with Crippen molar-refractivity contribution in [3.63, 3.8) is 0 Å². The number of amides is 2. The van der Waals surface area contributed by atoms with Crippen LogP contribution in [0.1, 0.15) is 45.1 Å². The normalized spacial score (nSPS) is 29.3. The molecule has 0 spiro atoms. The van der Waals surface area contributed by atoms with Gasteiger partial charge in [0.1, 0.15) is 32.7 Å². The molecule has 1 aliphatic carbocycles. The lowest BCUT2D eigenvalue weighted by molar-refractivity contribution is -1.02. The van der Waals surface area contributed by atoms with Gasteiger partial charge in [-0.25, -0.2) is 0 Å². The fourth-order valence-electron chi connectivity index (χ4n) is 5.82. The summed E-state index contributed by atoms with van der Waals surface area (Å²) in [5.74, 6) is 0.298. The number of hydrogen-bond donors (Lipinski definition) is 2. The number of quaternary nitrogens is 2. The van der Waals surface area contributed by atoms with Crippen LogP contribution < -0.4 is 34.6 Å². The molecule has 2 unspecified atom stereocenters. The number of fused-ring (bicyclic) bond motifs is 2. The molecule has 2 aliphatic heterocycles. The number of piperidine rings is 1. The maximum absolute atomic E-state index is 12.8. The Kier molecular flexibility index (Phi) is 9.38. The lowest BCUT2D eigenvalue weighted by Crippen LogP contribution is -3.27. The van der Waals surface area contributed by atoms with Crippen molar-refractivity contribution in [3.8, 4) is 0 Å². The zero-order chi connectivity index (χ0) is 20.4. The smallest absolute Gasteiger partial charge is 0.232 e. The van der Waals surface area contributed by atoms with Gasteiger partial charge in [-0.2, -0.15) is 0 Å². The second-order valence-electron chi connectivity index (χ2n) is 9.95. The van der Waals surface area contributed by atoms with Gasteiger partial charge < -0.3 is 34.6 Å². The Hall–Kier alpha value is -1.14. The number of hydrogen-bond acceptors (Lipinski definition) is 2. The standard InChI is InChI=1S/C24H35N3O2.2ClH/c1-24(2)20-10-11-21(24)23(29)27(22(20)28)13-7-6-12-25-14-16-26(17-15-25)18-19-8-4-3-5-9-19;;/h3-5,8-9,20-21H,6-7,10-18H2,1-2H3;2*1H. The van der Waals surface area contributed by atoms with E-state index >= 15 is 0 Å². The average molecular weight is 470 g/mol. The zero-order valence-corrected chi connectivity index (χ0v) is 20.4. The van der Waals surface area contributed by atoms with Crippen LogP contribution in [0.15, 0.2) is 30.3 Å². The van der Waals surface area contributed by atoms with Gasteiger partial charge >= 0.3 is 0 Å². The van der Waals surface area contributed by atoms with Crippen molar-refractivity contribution >= 4 is 11.8 Å². The summed E-state index contributed by atoms with van der Waals surface area (Å²) in [5.41, 5.74) is 1.29. The summed E-state index contributed by atoms with van der Waals surface area (Å²) in [6.45, 7) is 12.0. The van der Waals surface area contributed by atoms with Crippen LogP contribution in [0.25, 0.3) is 0 Å². The molecular formula is C24H37Cl2N3O2. The Morgan fingerprint density at radius 2 is 1.42 bits per heavy atom. The van der Waals surface area contributed by atoms with Gasteiger partial charge in [0.05, 0.1) is 6.54 Å². The number of carbonyl (C=O) groups is 2. The predicted molar refractivity (Wildman–Crippen MR) is 112 cm³/mol. The Morgan fingerprint density at radius 3 is 2.00 bits per heavy atom. The summed E-state index contributed by atoms with van der Waals surface area (Å²) in [4.78, 5) is 30.5. The summed E-state index contributed by atoms with van der Waals surface area (Å²) in [7, 11) is 0. The van der Waals surface area contributed by atoms with Crippen LogP contribution in [0, 0.1) is 17.3 Å². The fourth-order valence-corrected chi connectivity index (χ4v) is 5.82. The average Bonchev–Trinajstić information content (AvgIpc) is 2.96. The van der Waals surface area contributed by atoms with E-state index in [1.807, 2.05) is 0 Å². The molecule has 3 aliphatic rings. The van der Waals surface area contributed by atoms with Gasteiger partial charge in [-0.3, -0.25) is 14.5 Å². The molecule has 1 saturated carbocycles. The molecule has 0 aromatic heterocycles. The lowest BCUT2D eigenvalue weighted by atomic mass is 9.71. The van der Waals surface area contributed by atoms with Crippen molar-refractivity contribution in [1.82, 2.24) is 4.90 Å². The number of likely N-dealkylation sites (tertiary alicyclic amines) is 1. The third-order valence-corrected chi connectivity index (χ3v) is 7.79. The molecule has 174 valence electrons. The Bertz CT molecular complexity index is 710. The zero-order valence-electron chi connectivity index (χ0n) is 18.8. The number of rotatable bonds is 7. The van der Waals surface area contributed by atoms with E-state index in [2.05, 4.69) is 44.2 Å². The molecule has 2 saturated heterocycles. The van der Waals surface area contributed by atoms with Gasteiger partial charge in [-0.1, -0.05) is 44.2 Å². The topological polar surface area (TPSA) is 46.3 Å². The first-order valence-corrected chi connectivity index (χ1v) is 11.5. The highest BCUT2D eigenvalue weighted by molar-refractivity contribution is 6.01. The minimum absolute atomic E-state index is 0. The predicted octanol–water partition coefficient (Wildman–Crippen LogP) is -5.82. The van der Waals surface area contributed by atoms with E-state index in [-0.39, 0.29) is 53.9 Å². The maximum atomic E-state index is 12.8. The minimum atomic E-state index is -0.142. The largest absolute Gasteiger partial charge is 1.00 e. The van der Waals surface area contributed by atoms with Crippen LogP contribution in [-0.4, -0.2) is 56.0 Å². The molecule has 7 heteroatoms.